The molecular formula is C27H32N2O5. The van der Waals surface area contributed by atoms with Gasteiger partial charge in [-0.15, -0.1) is 6.58 Å². The lowest BCUT2D eigenvalue weighted by atomic mass is 9.86. The highest BCUT2D eigenvalue weighted by molar-refractivity contribution is 5.90. The Bertz CT molecular complexity index is 1030. The van der Waals surface area contributed by atoms with Crippen LogP contribution in [0.1, 0.15) is 50.7 Å². The van der Waals surface area contributed by atoms with Gasteiger partial charge in [-0.2, -0.15) is 0 Å². The van der Waals surface area contributed by atoms with Crippen LogP contribution in [0.2, 0.25) is 0 Å². The second kappa shape index (κ2) is 10.5. The molecule has 34 heavy (non-hydrogen) atoms. The van der Waals surface area contributed by atoms with Crippen molar-refractivity contribution in [2.75, 3.05) is 6.61 Å². The van der Waals surface area contributed by atoms with Gasteiger partial charge in [0.2, 0.25) is 5.91 Å². The number of amides is 2. The zero-order valence-electron chi connectivity index (χ0n) is 19.8. The van der Waals surface area contributed by atoms with E-state index in [1.165, 1.54) is 0 Å². The molecule has 2 amide bonds. The number of aliphatic carboxylic acids is 1. The molecule has 2 aromatic rings. The summed E-state index contributed by atoms with van der Waals surface area (Å²) in [6.07, 6.45) is 1.52. The Morgan fingerprint density at radius 1 is 1.03 bits per heavy atom. The van der Waals surface area contributed by atoms with Gasteiger partial charge in [0.05, 0.1) is 0 Å². The maximum Gasteiger partial charge on any atom is 0.407 e. The molecule has 1 aliphatic rings. The second-order valence-corrected chi connectivity index (χ2v) is 9.53. The van der Waals surface area contributed by atoms with Crippen LogP contribution in [0.15, 0.2) is 61.2 Å². The SMILES string of the molecule is C=CCCC(NC(=O)[C@H](NC(=O)OCC1c2ccccc2-c2ccccc21)C(C)(C)C)C(=O)O. The number of rotatable bonds is 9. The van der Waals surface area contributed by atoms with Gasteiger partial charge in [0.25, 0.3) is 0 Å². The number of nitrogens with one attached hydrogen (secondary N) is 2. The number of ether oxygens (including phenoxy) is 1. The van der Waals surface area contributed by atoms with E-state index in [1.54, 1.807) is 26.8 Å². The van der Waals surface area contributed by atoms with Crippen molar-refractivity contribution in [3.05, 3.63) is 72.3 Å². The van der Waals surface area contributed by atoms with Crippen molar-refractivity contribution in [3.63, 3.8) is 0 Å². The van der Waals surface area contributed by atoms with Crippen LogP contribution in [-0.2, 0) is 14.3 Å². The molecule has 2 atom stereocenters. The zero-order chi connectivity index (χ0) is 24.9. The standard InChI is InChI=1S/C27H32N2O5/c1-5-6-15-22(25(31)32)28-24(30)23(27(2,3)4)29-26(33)34-16-21-19-13-9-7-11-17(19)18-12-8-10-14-20(18)21/h5,7-14,21-23H,1,6,15-16H2,2-4H3,(H,28,30)(H,29,33)(H,31,32)/t22?,23-/m0/s1. The number of hydrogen-bond donors (Lipinski definition) is 3. The number of alkyl carbamates (subject to hydrolysis) is 1. The van der Waals surface area contributed by atoms with Crippen LogP contribution in [0.25, 0.3) is 11.1 Å². The molecule has 0 saturated heterocycles. The minimum Gasteiger partial charge on any atom is -0.480 e. The molecule has 1 unspecified atom stereocenters. The predicted octanol–water partition coefficient (Wildman–Crippen LogP) is 4.48. The molecule has 0 aliphatic heterocycles. The number of hydrogen-bond acceptors (Lipinski definition) is 4. The quantitative estimate of drug-likeness (QED) is 0.475. The van der Waals surface area contributed by atoms with Crippen molar-refractivity contribution >= 4 is 18.0 Å². The Labute approximate surface area is 200 Å². The van der Waals surface area contributed by atoms with Crippen molar-refractivity contribution in [3.8, 4) is 11.1 Å². The molecule has 3 N–H and O–H groups in total. The first-order valence-electron chi connectivity index (χ1n) is 11.4. The Morgan fingerprint density at radius 2 is 1.59 bits per heavy atom. The zero-order valence-corrected chi connectivity index (χ0v) is 19.8. The maximum absolute atomic E-state index is 12.9. The first kappa shape index (κ1) is 25.0. The average Bonchev–Trinajstić information content (AvgIpc) is 3.11. The largest absolute Gasteiger partial charge is 0.480 e. The summed E-state index contributed by atoms with van der Waals surface area (Å²) in [6, 6.07) is 14.0. The van der Waals surface area contributed by atoms with E-state index in [-0.39, 0.29) is 18.9 Å². The molecule has 2 aromatic carbocycles. The third-order valence-electron chi connectivity index (χ3n) is 6.01. The number of carboxylic acids is 1. The topological polar surface area (TPSA) is 105 Å². The number of carbonyl (C=O) groups excluding carboxylic acids is 2. The molecule has 7 heteroatoms. The molecule has 0 aromatic heterocycles. The molecule has 7 nitrogen and oxygen atoms in total. The average molecular weight is 465 g/mol. The van der Waals surface area contributed by atoms with E-state index in [0.29, 0.717) is 6.42 Å². The molecule has 0 heterocycles. The first-order chi connectivity index (χ1) is 16.1. The summed E-state index contributed by atoms with van der Waals surface area (Å²) in [4.78, 5) is 37.2. The van der Waals surface area contributed by atoms with Crippen LogP contribution in [0.3, 0.4) is 0 Å². The minimum atomic E-state index is -1.14. The van der Waals surface area contributed by atoms with E-state index in [9.17, 15) is 19.5 Å². The third kappa shape index (κ3) is 5.65. The molecule has 0 bridgehead atoms. The maximum atomic E-state index is 12.9. The fraction of sp³-hybridized carbons (Fsp3) is 0.370. The number of fused-ring (bicyclic) bond motifs is 3. The molecule has 3 rings (SSSR count). The summed E-state index contributed by atoms with van der Waals surface area (Å²) in [5, 5.41) is 14.6. The molecule has 1 aliphatic carbocycles. The van der Waals surface area contributed by atoms with Gasteiger partial charge in [0, 0.05) is 5.92 Å². The summed E-state index contributed by atoms with van der Waals surface area (Å²) in [5.41, 5.74) is 3.76. The summed E-state index contributed by atoms with van der Waals surface area (Å²) in [6.45, 7) is 9.08. The third-order valence-corrected chi connectivity index (χ3v) is 6.01. The summed E-state index contributed by atoms with van der Waals surface area (Å²) in [7, 11) is 0. The highest BCUT2D eigenvalue weighted by Crippen LogP contribution is 2.44. The fourth-order valence-corrected chi connectivity index (χ4v) is 4.23. The van der Waals surface area contributed by atoms with Crippen LogP contribution in [0.5, 0.6) is 0 Å². The van der Waals surface area contributed by atoms with Crippen LogP contribution in [-0.4, -0.2) is 41.8 Å². The first-order valence-corrected chi connectivity index (χ1v) is 11.4. The molecular weight excluding hydrogens is 432 g/mol. The van der Waals surface area contributed by atoms with Crippen molar-refractivity contribution in [2.24, 2.45) is 5.41 Å². The number of carboxylic acid groups (broad SMARTS) is 1. The van der Waals surface area contributed by atoms with E-state index in [1.807, 2.05) is 36.4 Å². The summed E-state index contributed by atoms with van der Waals surface area (Å²) >= 11 is 0. The molecule has 0 fully saturated rings. The van der Waals surface area contributed by atoms with Gasteiger partial charge in [-0.1, -0.05) is 75.4 Å². The Hall–Kier alpha value is -3.61. The second-order valence-electron chi connectivity index (χ2n) is 9.53. The van der Waals surface area contributed by atoms with Crippen LogP contribution < -0.4 is 10.6 Å². The van der Waals surface area contributed by atoms with Crippen LogP contribution >= 0.6 is 0 Å². The van der Waals surface area contributed by atoms with Crippen molar-refractivity contribution in [1.82, 2.24) is 10.6 Å². The molecule has 0 spiro atoms. The Kier molecular flexibility index (Phi) is 7.76. The minimum absolute atomic E-state index is 0.102. The van der Waals surface area contributed by atoms with Gasteiger partial charge in [-0.3, -0.25) is 4.79 Å². The lowest BCUT2D eigenvalue weighted by Crippen LogP contribution is -2.56. The smallest absolute Gasteiger partial charge is 0.407 e. The number of benzene rings is 2. The van der Waals surface area contributed by atoms with Gasteiger partial charge < -0.3 is 20.5 Å². The van der Waals surface area contributed by atoms with Crippen LogP contribution in [0, 0.1) is 5.41 Å². The van der Waals surface area contributed by atoms with E-state index >= 15 is 0 Å². The van der Waals surface area contributed by atoms with Crippen molar-refractivity contribution < 1.29 is 24.2 Å². The van der Waals surface area contributed by atoms with Crippen LogP contribution in [0.4, 0.5) is 4.79 Å². The van der Waals surface area contributed by atoms with E-state index < -0.39 is 35.5 Å². The summed E-state index contributed by atoms with van der Waals surface area (Å²) < 4.78 is 5.57. The van der Waals surface area contributed by atoms with E-state index in [0.717, 1.165) is 22.3 Å². The van der Waals surface area contributed by atoms with Gasteiger partial charge in [-0.25, -0.2) is 9.59 Å². The molecule has 0 radical (unpaired) electrons. The van der Waals surface area contributed by atoms with Gasteiger partial charge in [0.1, 0.15) is 18.7 Å². The number of carbonyl (C=O) groups is 3. The van der Waals surface area contributed by atoms with Crippen molar-refractivity contribution in [1.29, 1.82) is 0 Å². The summed E-state index contributed by atoms with van der Waals surface area (Å²) in [5.74, 6) is -1.81. The molecule has 180 valence electrons. The molecule has 0 saturated carbocycles. The monoisotopic (exact) mass is 464 g/mol. The van der Waals surface area contributed by atoms with Gasteiger partial charge >= 0.3 is 12.1 Å². The fourth-order valence-electron chi connectivity index (χ4n) is 4.23. The van der Waals surface area contributed by atoms with Crippen molar-refractivity contribution in [2.45, 2.75) is 51.6 Å². The lowest BCUT2D eigenvalue weighted by Gasteiger charge is -2.31. The normalized spacial score (nSPS) is 14.3. The Balaban J connectivity index is 1.68. The van der Waals surface area contributed by atoms with E-state index in [4.69, 9.17) is 4.74 Å². The highest BCUT2D eigenvalue weighted by atomic mass is 16.5. The van der Waals surface area contributed by atoms with Gasteiger partial charge in [0.15, 0.2) is 0 Å². The van der Waals surface area contributed by atoms with E-state index in [2.05, 4.69) is 29.3 Å². The highest BCUT2D eigenvalue weighted by Gasteiger charge is 2.36. The van der Waals surface area contributed by atoms with Gasteiger partial charge in [-0.05, 0) is 40.5 Å². The Morgan fingerprint density at radius 3 is 2.09 bits per heavy atom. The predicted molar refractivity (Wildman–Crippen MR) is 130 cm³/mol. The lowest BCUT2D eigenvalue weighted by molar-refractivity contribution is -0.142. The number of allylic oxidation sites excluding steroid dienone is 1.